The maximum Gasteiger partial charge on any atom is 0.219 e. The normalized spacial score (nSPS) is 19.3. The predicted molar refractivity (Wildman–Crippen MR) is 125 cm³/mol. The molecule has 0 bridgehead atoms. The molecule has 0 aliphatic carbocycles. The second-order valence-electron chi connectivity index (χ2n) is 9.32. The van der Waals surface area contributed by atoms with Crippen LogP contribution in [0.2, 0.25) is 0 Å². The molecule has 5 heteroatoms. The minimum absolute atomic E-state index is 0. The van der Waals surface area contributed by atoms with Gasteiger partial charge in [0, 0.05) is 63.0 Å². The third-order valence-electron chi connectivity index (χ3n) is 6.14. The number of hydrogen-bond acceptors (Lipinski definition) is 4. The van der Waals surface area contributed by atoms with Gasteiger partial charge in [-0.15, -0.1) is 0 Å². The van der Waals surface area contributed by atoms with Gasteiger partial charge in [-0.3, -0.25) is 14.4 Å². The SMILES string of the molecule is C.C=C(C)N1CCC[C@H]1CC(=O)C(C)C.CC(=O)N1CCC(CC(=O)C(C)C)CC1. The Morgan fingerprint density at radius 2 is 1.37 bits per heavy atom. The highest BCUT2D eigenvalue weighted by molar-refractivity contribution is 5.81. The first-order valence-corrected chi connectivity index (χ1v) is 11.3. The van der Waals surface area contributed by atoms with Crippen molar-refractivity contribution in [2.75, 3.05) is 19.6 Å². The molecular weight excluding hydrogens is 376 g/mol. The van der Waals surface area contributed by atoms with Crippen LogP contribution in [0.1, 0.15) is 87.5 Å². The molecule has 0 aromatic heterocycles. The summed E-state index contributed by atoms with van der Waals surface area (Å²) in [7, 11) is 0. The molecule has 0 spiro atoms. The van der Waals surface area contributed by atoms with Crippen LogP contribution in [0.4, 0.5) is 0 Å². The number of hydrogen-bond donors (Lipinski definition) is 0. The summed E-state index contributed by atoms with van der Waals surface area (Å²) in [6.45, 7) is 18.2. The smallest absolute Gasteiger partial charge is 0.219 e. The summed E-state index contributed by atoms with van der Waals surface area (Å²) in [5, 5.41) is 0. The van der Waals surface area contributed by atoms with Crippen LogP contribution in [0.3, 0.4) is 0 Å². The van der Waals surface area contributed by atoms with E-state index in [0.29, 0.717) is 36.4 Å². The Kier molecular flexibility index (Phi) is 12.9. The largest absolute Gasteiger partial charge is 0.372 e. The molecule has 1 amide bonds. The highest BCUT2D eigenvalue weighted by Gasteiger charge is 2.26. The molecule has 1 atom stereocenters. The van der Waals surface area contributed by atoms with Crippen LogP contribution < -0.4 is 0 Å². The van der Waals surface area contributed by atoms with Gasteiger partial charge in [-0.25, -0.2) is 0 Å². The van der Waals surface area contributed by atoms with Crippen LogP contribution in [0.5, 0.6) is 0 Å². The quantitative estimate of drug-likeness (QED) is 0.573. The highest BCUT2D eigenvalue weighted by Crippen LogP contribution is 2.25. The van der Waals surface area contributed by atoms with Gasteiger partial charge in [0.1, 0.15) is 11.6 Å². The van der Waals surface area contributed by atoms with Crippen LogP contribution in [-0.2, 0) is 14.4 Å². The molecule has 2 rings (SSSR count). The summed E-state index contributed by atoms with van der Waals surface area (Å²) < 4.78 is 0. The van der Waals surface area contributed by atoms with Gasteiger partial charge in [0.05, 0.1) is 0 Å². The van der Waals surface area contributed by atoms with Crippen LogP contribution in [0.25, 0.3) is 0 Å². The van der Waals surface area contributed by atoms with Crippen molar-refractivity contribution in [3.05, 3.63) is 12.3 Å². The summed E-state index contributed by atoms with van der Waals surface area (Å²) in [5.74, 6) is 1.71. The molecule has 174 valence electrons. The fraction of sp³-hybridized carbons (Fsp3) is 0.800. The first-order valence-electron chi connectivity index (χ1n) is 11.3. The van der Waals surface area contributed by atoms with E-state index in [9.17, 15) is 14.4 Å². The van der Waals surface area contributed by atoms with E-state index in [-0.39, 0.29) is 25.2 Å². The summed E-state index contributed by atoms with van der Waals surface area (Å²) in [4.78, 5) is 38.4. The Morgan fingerprint density at radius 1 is 0.867 bits per heavy atom. The Morgan fingerprint density at radius 3 is 1.80 bits per heavy atom. The Bertz CT molecular complexity index is 575. The van der Waals surface area contributed by atoms with Crippen LogP contribution >= 0.6 is 0 Å². The third-order valence-corrected chi connectivity index (χ3v) is 6.14. The number of carbonyl (C=O) groups is 3. The fourth-order valence-corrected chi connectivity index (χ4v) is 3.99. The predicted octanol–water partition coefficient (Wildman–Crippen LogP) is 5.10. The van der Waals surface area contributed by atoms with Crippen molar-refractivity contribution in [2.24, 2.45) is 17.8 Å². The number of likely N-dealkylation sites (tertiary alicyclic amines) is 2. The van der Waals surface area contributed by atoms with Gasteiger partial charge < -0.3 is 9.80 Å². The second-order valence-corrected chi connectivity index (χ2v) is 9.32. The van der Waals surface area contributed by atoms with Gasteiger partial charge in [-0.05, 0) is 38.5 Å². The number of rotatable bonds is 7. The molecule has 2 saturated heterocycles. The van der Waals surface area contributed by atoms with Gasteiger partial charge >= 0.3 is 0 Å². The molecule has 5 nitrogen and oxygen atoms in total. The number of allylic oxidation sites excluding steroid dienone is 1. The van der Waals surface area contributed by atoms with Crippen molar-refractivity contribution < 1.29 is 14.4 Å². The number of ketones is 2. The standard InChI is InChI=1S/C12H21NO2.C12H21NO.CH4/c1-9(2)12(15)8-11-4-6-13(7-5-11)10(3)14;1-9(2)12(14)8-11-6-5-7-13(11)10(3)4;/h9,11H,4-8H2,1-3H3;9,11H,3,5-8H2,1-2,4H3;1H4/t;11-;/m.0./s1. The average Bonchev–Trinajstić information content (AvgIpc) is 3.11. The molecule has 0 aromatic rings. The zero-order valence-corrected chi connectivity index (χ0v) is 19.5. The maximum atomic E-state index is 11.6. The molecule has 0 unspecified atom stereocenters. The molecule has 0 saturated carbocycles. The first kappa shape index (κ1) is 28.4. The molecule has 0 aromatic carbocycles. The van der Waals surface area contributed by atoms with Gasteiger partial charge in [-0.2, -0.15) is 0 Å². The molecule has 2 aliphatic rings. The lowest BCUT2D eigenvalue weighted by Gasteiger charge is -2.31. The molecule has 2 heterocycles. The fourth-order valence-electron chi connectivity index (χ4n) is 3.99. The maximum absolute atomic E-state index is 11.6. The van der Waals surface area contributed by atoms with E-state index in [1.807, 2.05) is 39.5 Å². The summed E-state index contributed by atoms with van der Waals surface area (Å²) in [6, 6.07) is 0.419. The zero-order chi connectivity index (χ0) is 22.1. The number of piperidine rings is 1. The number of amides is 1. The number of nitrogens with zero attached hydrogens (tertiary/aromatic N) is 2. The van der Waals surface area contributed by atoms with Gasteiger partial charge in [0.15, 0.2) is 0 Å². The minimum Gasteiger partial charge on any atom is -0.372 e. The minimum atomic E-state index is 0. The topological polar surface area (TPSA) is 57.7 Å². The van der Waals surface area contributed by atoms with E-state index in [2.05, 4.69) is 11.5 Å². The zero-order valence-electron chi connectivity index (χ0n) is 19.5. The van der Waals surface area contributed by atoms with Gasteiger partial charge in [-0.1, -0.05) is 41.7 Å². The molecular formula is C25H46N2O3. The van der Waals surface area contributed by atoms with E-state index >= 15 is 0 Å². The summed E-state index contributed by atoms with van der Waals surface area (Å²) in [5.41, 5.74) is 1.10. The molecule has 30 heavy (non-hydrogen) atoms. The van der Waals surface area contributed by atoms with Crippen molar-refractivity contribution in [1.29, 1.82) is 0 Å². The van der Waals surface area contributed by atoms with Gasteiger partial charge in [0.2, 0.25) is 5.91 Å². The van der Waals surface area contributed by atoms with Crippen LogP contribution in [-0.4, -0.2) is 52.9 Å². The molecule has 0 N–H and O–H groups in total. The monoisotopic (exact) mass is 422 g/mol. The van der Waals surface area contributed by atoms with Crippen molar-refractivity contribution in [3.63, 3.8) is 0 Å². The Hall–Kier alpha value is -1.65. The average molecular weight is 423 g/mol. The molecule has 2 aliphatic heterocycles. The molecule has 2 fully saturated rings. The second kappa shape index (κ2) is 13.6. The van der Waals surface area contributed by atoms with E-state index in [0.717, 1.165) is 44.6 Å². The van der Waals surface area contributed by atoms with E-state index in [1.165, 1.54) is 6.42 Å². The van der Waals surface area contributed by atoms with E-state index < -0.39 is 0 Å². The van der Waals surface area contributed by atoms with Crippen molar-refractivity contribution >= 4 is 17.5 Å². The summed E-state index contributed by atoms with van der Waals surface area (Å²) >= 11 is 0. The Labute approximate surface area is 185 Å². The number of Topliss-reactive ketones (excluding diaryl/α,β-unsaturated/α-hetero) is 2. The first-order chi connectivity index (χ1) is 13.5. The van der Waals surface area contributed by atoms with E-state index in [1.54, 1.807) is 6.92 Å². The lowest BCUT2D eigenvalue weighted by atomic mass is 9.89. The summed E-state index contributed by atoms with van der Waals surface area (Å²) in [6.07, 6.45) is 5.71. The highest BCUT2D eigenvalue weighted by atomic mass is 16.2. The number of carbonyl (C=O) groups excluding carboxylic acids is 3. The third kappa shape index (κ3) is 9.44. The lowest BCUT2D eigenvalue weighted by molar-refractivity contribution is -0.130. The lowest BCUT2D eigenvalue weighted by Crippen LogP contribution is -2.37. The molecule has 0 radical (unpaired) electrons. The van der Waals surface area contributed by atoms with Crippen molar-refractivity contribution in [2.45, 2.75) is 93.5 Å². The van der Waals surface area contributed by atoms with Crippen molar-refractivity contribution in [1.82, 2.24) is 9.80 Å². The van der Waals surface area contributed by atoms with Gasteiger partial charge in [0.25, 0.3) is 0 Å². The van der Waals surface area contributed by atoms with Crippen LogP contribution in [0.15, 0.2) is 12.3 Å². The van der Waals surface area contributed by atoms with E-state index in [4.69, 9.17) is 0 Å². The van der Waals surface area contributed by atoms with Crippen molar-refractivity contribution in [3.8, 4) is 0 Å². The van der Waals surface area contributed by atoms with Crippen LogP contribution in [0, 0.1) is 17.8 Å². The Balaban J connectivity index is 0.000000544.